The first-order valence-corrected chi connectivity index (χ1v) is 10.7. The van der Waals surface area contributed by atoms with Crippen LogP contribution >= 0.6 is 0 Å². The summed E-state index contributed by atoms with van der Waals surface area (Å²) >= 11 is 0. The molecule has 0 radical (unpaired) electrons. The molecule has 1 aliphatic heterocycles. The molecule has 2 aromatic carbocycles. The molecule has 1 aliphatic rings. The number of rotatable bonds is 6. The summed E-state index contributed by atoms with van der Waals surface area (Å²) in [4.78, 5) is 27.6. The van der Waals surface area contributed by atoms with Crippen LogP contribution in [0.5, 0.6) is 0 Å². The van der Waals surface area contributed by atoms with E-state index < -0.39 is 0 Å². The lowest BCUT2D eigenvalue weighted by Crippen LogP contribution is -2.30. The maximum Gasteiger partial charge on any atom is 0.410 e. The van der Waals surface area contributed by atoms with Crippen molar-refractivity contribution in [2.75, 3.05) is 25.0 Å². The van der Waals surface area contributed by atoms with Gasteiger partial charge in [0.25, 0.3) is 0 Å². The highest BCUT2D eigenvalue weighted by atomic mass is 16.6. The standard InChI is InChI=1S/C24H24N6O2/c31-24(32-16-18-6-2-1-3-7-18)29-13-11-19(15-29)14-26-23-25-12-10-22(28-23)30-17-27-20-8-4-5-9-21(20)30/h1-10,12,17,19H,11,13-16H2,(H,25,26,28). The molecule has 1 amide bonds. The Labute approximate surface area is 185 Å². The Hall–Kier alpha value is -3.94. The van der Waals surface area contributed by atoms with Gasteiger partial charge in [-0.2, -0.15) is 4.98 Å². The summed E-state index contributed by atoms with van der Waals surface area (Å²) in [6.45, 7) is 2.34. The number of likely N-dealkylation sites (tertiary alicyclic amines) is 1. The molecule has 1 fully saturated rings. The number of fused-ring (bicyclic) bond motifs is 1. The maximum atomic E-state index is 12.4. The SMILES string of the molecule is O=C(OCc1ccccc1)N1CCC(CNc2nccc(-n3cnc4ccccc43)n2)C1. The number of anilines is 1. The lowest BCUT2D eigenvalue weighted by atomic mass is 10.1. The number of carbonyl (C=O) groups is 1. The van der Waals surface area contributed by atoms with Crippen LogP contribution in [-0.2, 0) is 11.3 Å². The number of hydrogen-bond donors (Lipinski definition) is 1. The van der Waals surface area contributed by atoms with E-state index in [0.717, 1.165) is 28.8 Å². The summed E-state index contributed by atoms with van der Waals surface area (Å²) in [7, 11) is 0. The summed E-state index contributed by atoms with van der Waals surface area (Å²) in [6.07, 6.45) is 4.16. The van der Waals surface area contributed by atoms with Crippen molar-refractivity contribution in [1.82, 2.24) is 24.4 Å². The highest BCUT2D eigenvalue weighted by Gasteiger charge is 2.27. The molecular formula is C24H24N6O2. The zero-order valence-corrected chi connectivity index (χ0v) is 17.6. The molecule has 0 aliphatic carbocycles. The molecule has 1 unspecified atom stereocenters. The summed E-state index contributed by atoms with van der Waals surface area (Å²) in [5.74, 6) is 1.64. The third kappa shape index (κ3) is 4.39. The Kier molecular flexibility index (Phi) is 5.65. The fourth-order valence-electron chi connectivity index (χ4n) is 3.92. The van der Waals surface area contributed by atoms with E-state index in [4.69, 9.17) is 4.74 Å². The maximum absolute atomic E-state index is 12.4. The van der Waals surface area contributed by atoms with Crippen molar-refractivity contribution in [2.24, 2.45) is 5.92 Å². The average Bonchev–Trinajstić information content (AvgIpc) is 3.50. The average molecular weight is 428 g/mol. The number of nitrogens with zero attached hydrogens (tertiary/aromatic N) is 5. The molecule has 8 heteroatoms. The minimum Gasteiger partial charge on any atom is -0.445 e. The Balaban J connectivity index is 1.15. The predicted molar refractivity (Wildman–Crippen MR) is 121 cm³/mol. The van der Waals surface area contributed by atoms with Crippen LogP contribution in [0.2, 0.25) is 0 Å². The fraction of sp³-hybridized carbons (Fsp3) is 0.250. The minimum atomic E-state index is -0.262. The molecule has 8 nitrogen and oxygen atoms in total. The van der Waals surface area contributed by atoms with Gasteiger partial charge in [0.2, 0.25) is 5.95 Å². The predicted octanol–water partition coefficient (Wildman–Crippen LogP) is 3.89. The molecule has 3 heterocycles. The summed E-state index contributed by atoms with van der Waals surface area (Å²) < 4.78 is 7.40. The molecule has 1 N–H and O–H groups in total. The van der Waals surface area contributed by atoms with Gasteiger partial charge in [-0.15, -0.1) is 0 Å². The Morgan fingerprint density at radius 1 is 1.06 bits per heavy atom. The Bertz CT molecular complexity index is 1210. The molecule has 5 rings (SSSR count). The van der Waals surface area contributed by atoms with Gasteiger partial charge in [0.15, 0.2) is 0 Å². The number of ether oxygens (including phenoxy) is 1. The monoisotopic (exact) mass is 428 g/mol. The van der Waals surface area contributed by atoms with E-state index in [2.05, 4.69) is 20.3 Å². The van der Waals surface area contributed by atoms with Gasteiger partial charge in [0, 0.05) is 25.8 Å². The van der Waals surface area contributed by atoms with E-state index in [9.17, 15) is 4.79 Å². The summed E-state index contributed by atoms with van der Waals surface area (Å²) in [5.41, 5.74) is 2.91. The third-order valence-electron chi connectivity index (χ3n) is 5.64. The third-order valence-corrected chi connectivity index (χ3v) is 5.64. The van der Waals surface area contributed by atoms with Gasteiger partial charge in [0.05, 0.1) is 11.0 Å². The van der Waals surface area contributed by atoms with Gasteiger partial charge in [-0.1, -0.05) is 42.5 Å². The number of imidazole rings is 1. The number of nitrogens with one attached hydrogen (secondary N) is 1. The van der Waals surface area contributed by atoms with E-state index in [1.54, 1.807) is 17.4 Å². The first-order valence-electron chi connectivity index (χ1n) is 10.7. The van der Waals surface area contributed by atoms with E-state index >= 15 is 0 Å². The van der Waals surface area contributed by atoms with Crippen molar-refractivity contribution >= 4 is 23.1 Å². The first-order chi connectivity index (χ1) is 15.8. The van der Waals surface area contributed by atoms with Crippen molar-refractivity contribution in [1.29, 1.82) is 0 Å². The molecule has 2 aromatic heterocycles. The fourth-order valence-corrected chi connectivity index (χ4v) is 3.92. The number of hydrogen-bond acceptors (Lipinski definition) is 6. The molecule has 1 saturated heterocycles. The molecule has 4 aromatic rings. The quantitative estimate of drug-likeness (QED) is 0.502. The highest BCUT2D eigenvalue weighted by molar-refractivity contribution is 5.76. The van der Waals surface area contributed by atoms with Gasteiger partial charge in [-0.3, -0.25) is 4.57 Å². The Morgan fingerprint density at radius 2 is 1.91 bits per heavy atom. The van der Waals surface area contributed by atoms with Crippen LogP contribution in [0, 0.1) is 5.92 Å². The smallest absolute Gasteiger partial charge is 0.410 e. The number of aromatic nitrogens is 4. The molecule has 0 spiro atoms. The van der Waals surface area contributed by atoms with Crippen LogP contribution in [0.1, 0.15) is 12.0 Å². The largest absolute Gasteiger partial charge is 0.445 e. The van der Waals surface area contributed by atoms with Crippen LogP contribution in [0.15, 0.2) is 73.2 Å². The number of carbonyl (C=O) groups excluding carboxylic acids is 1. The normalized spacial score (nSPS) is 15.8. The van der Waals surface area contributed by atoms with Crippen molar-refractivity contribution in [3.05, 3.63) is 78.8 Å². The van der Waals surface area contributed by atoms with Gasteiger partial charge in [-0.25, -0.2) is 14.8 Å². The molecule has 162 valence electrons. The van der Waals surface area contributed by atoms with E-state index in [-0.39, 0.29) is 6.09 Å². The van der Waals surface area contributed by atoms with Gasteiger partial charge in [-0.05, 0) is 36.1 Å². The lowest BCUT2D eigenvalue weighted by molar-refractivity contribution is 0.103. The van der Waals surface area contributed by atoms with Crippen LogP contribution in [0.4, 0.5) is 10.7 Å². The molecule has 0 saturated carbocycles. The number of para-hydroxylation sites is 2. The Morgan fingerprint density at radius 3 is 2.81 bits per heavy atom. The second-order valence-corrected chi connectivity index (χ2v) is 7.86. The number of amides is 1. The lowest BCUT2D eigenvalue weighted by Gasteiger charge is -2.17. The zero-order valence-electron chi connectivity index (χ0n) is 17.6. The van der Waals surface area contributed by atoms with Crippen LogP contribution in [0.3, 0.4) is 0 Å². The van der Waals surface area contributed by atoms with Crippen LogP contribution in [-0.4, -0.2) is 50.1 Å². The second-order valence-electron chi connectivity index (χ2n) is 7.86. The molecule has 0 bridgehead atoms. The summed E-state index contributed by atoms with van der Waals surface area (Å²) in [5, 5.41) is 3.32. The first kappa shape index (κ1) is 20.0. The van der Waals surface area contributed by atoms with E-state index in [0.29, 0.717) is 38.1 Å². The molecular weight excluding hydrogens is 404 g/mol. The van der Waals surface area contributed by atoms with Gasteiger partial charge < -0.3 is 15.0 Å². The van der Waals surface area contributed by atoms with E-state index in [1.807, 2.05) is 65.2 Å². The van der Waals surface area contributed by atoms with Crippen LogP contribution < -0.4 is 5.32 Å². The van der Waals surface area contributed by atoms with Crippen molar-refractivity contribution in [3.8, 4) is 5.82 Å². The zero-order chi connectivity index (χ0) is 21.8. The minimum absolute atomic E-state index is 0.262. The number of benzene rings is 2. The van der Waals surface area contributed by atoms with Crippen molar-refractivity contribution < 1.29 is 9.53 Å². The van der Waals surface area contributed by atoms with E-state index in [1.165, 1.54) is 0 Å². The van der Waals surface area contributed by atoms with Gasteiger partial charge in [0.1, 0.15) is 18.8 Å². The molecule has 32 heavy (non-hydrogen) atoms. The second kappa shape index (κ2) is 9.05. The van der Waals surface area contributed by atoms with Gasteiger partial charge >= 0.3 is 6.09 Å². The van der Waals surface area contributed by atoms with Crippen LogP contribution in [0.25, 0.3) is 16.9 Å². The van der Waals surface area contributed by atoms with Crippen molar-refractivity contribution in [2.45, 2.75) is 13.0 Å². The highest BCUT2D eigenvalue weighted by Crippen LogP contribution is 2.19. The topological polar surface area (TPSA) is 85.2 Å². The molecule has 1 atom stereocenters. The summed E-state index contributed by atoms with van der Waals surface area (Å²) in [6, 6.07) is 19.5. The van der Waals surface area contributed by atoms with Crippen molar-refractivity contribution in [3.63, 3.8) is 0 Å².